The molecular weight excluding hydrogens is 358 g/mol. The second kappa shape index (κ2) is 9.85. The normalized spacial score (nSPS) is 15.6. The van der Waals surface area contributed by atoms with Gasteiger partial charge in [0.25, 0.3) is 0 Å². The molecule has 0 saturated carbocycles. The average molecular weight is 388 g/mol. The summed E-state index contributed by atoms with van der Waals surface area (Å²) in [4.78, 5) is 19.8. The maximum atomic E-state index is 12.6. The van der Waals surface area contributed by atoms with E-state index >= 15 is 0 Å². The zero-order valence-electron chi connectivity index (χ0n) is 16.2. The van der Waals surface area contributed by atoms with Crippen LogP contribution in [0.1, 0.15) is 43.3 Å². The quantitative estimate of drug-likeness (QED) is 0.732. The van der Waals surface area contributed by atoms with E-state index in [0.717, 1.165) is 44.6 Å². The van der Waals surface area contributed by atoms with Crippen LogP contribution >= 0.6 is 11.3 Å². The molecule has 6 heteroatoms. The first-order valence-electron chi connectivity index (χ1n) is 9.79. The molecule has 0 unspecified atom stereocenters. The second-order valence-electron chi connectivity index (χ2n) is 7.08. The Labute approximate surface area is 165 Å². The summed E-state index contributed by atoms with van der Waals surface area (Å²) < 4.78 is 5.31. The first-order chi connectivity index (χ1) is 13.2. The molecule has 3 rings (SSSR count). The number of ether oxygens (including phenoxy) is 1. The molecule has 0 radical (unpaired) electrons. The minimum absolute atomic E-state index is 0.0571. The number of hydrogen-bond acceptors (Lipinski definition) is 5. The van der Waals surface area contributed by atoms with Crippen molar-refractivity contribution in [1.82, 2.24) is 9.88 Å². The lowest BCUT2D eigenvalue weighted by atomic mass is 9.95. The van der Waals surface area contributed by atoms with Crippen LogP contribution in [0, 0.1) is 5.92 Å². The van der Waals surface area contributed by atoms with Crippen LogP contribution in [0.15, 0.2) is 29.6 Å². The predicted octanol–water partition coefficient (Wildman–Crippen LogP) is 4.35. The van der Waals surface area contributed by atoms with Crippen molar-refractivity contribution in [1.29, 1.82) is 0 Å². The largest absolute Gasteiger partial charge is 0.495 e. The van der Waals surface area contributed by atoms with Gasteiger partial charge in [0.1, 0.15) is 5.75 Å². The van der Waals surface area contributed by atoms with Gasteiger partial charge in [0.2, 0.25) is 5.91 Å². The number of carbonyl (C=O) groups excluding carboxylic acids is 1. The lowest BCUT2D eigenvalue weighted by Crippen LogP contribution is -2.37. The van der Waals surface area contributed by atoms with Crippen LogP contribution in [-0.4, -0.2) is 36.0 Å². The molecule has 0 spiro atoms. The molecule has 1 N–H and O–H groups in total. The van der Waals surface area contributed by atoms with Crippen molar-refractivity contribution < 1.29 is 9.53 Å². The van der Waals surface area contributed by atoms with E-state index in [1.807, 2.05) is 24.3 Å². The van der Waals surface area contributed by atoms with E-state index in [0.29, 0.717) is 5.75 Å². The van der Waals surface area contributed by atoms with Crippen LogP contribution in [-0.2, 0) is 17.8 Å². The smallest absolute Gasteiger partial charge is 0.227 e. The second-order valence-corrected chi connectivity index (χ2v) is 8.02. The van der Waals surface area contributed by atoms with Gasteiger partial charge in [0.15, 0.2) is 0 Å². The van der Waals surface area contributed by atoms with Gasteiger partial charge < -0.3 is 10.1 Å². The molecule has 5 nitrogen and oxygen atoms in total. The highest BCUT2D eigenvalue weighted by Gasteiger charge is 2.26. The number of rotatable bonds is 8. The number of anilines is 1. The Morgan fingerprint density at radius 1 is 1.33 bits per heavy atom. The van der Waals surface area contributed by atoms with Crippen molar-refractivity contribution in [2.24, 2.45) is 5.92 Å². The maximum absolute atomic E-state index is 12.6. The molecule has 1 fully saturated rings. The minimum atomic E-state index is 0.0571. The molecule has 27 heavy (non-hydrogen) atoms. The molecule has 0 aliphatic carbocycles. The van der Waals surface area contributed by atoms with Gasteiger partial charge in [-0.2, -0.15) is 0 Å². The molecule has 1 aromatic heterocycles. The number of thiazole rings is 1. The molecule has 1 saturated heterocycles. The first kappa shape index (κ1) is 19.8. The highest BCUT2D eigenvalue weighted by molar-refractivity contribution is 7.09. The van der Waals surface area contributed by atoms with E-state index in [4.69, 9.17) is 9.72 Å². The lowest BCUT2D eigenvalue weighted by molar-refractivity contribution is -0.121. The summed E-state index contributed by atoms with van der Waals surface area (Å²) in [5, 5.41) is 6.46. The van der Waals surface area contributed by atoms with E-state index in [2.05, 4.69) is 22.5 Å². The van der Waals surface area contributed by atoms with Crippen molar-refractivity contribution in [3.8, 4) is 5.75 Å². The van der Waals surface area contributed by atoms with E-state index in [9.17, 15) is 4.79 Å². The van der Waals surface area contributed by atoms with Crippen molar-refractivity contribution in [2.75, 3.05) is 25.5 Å². The molecule has 1 aromatic carbocycles. The van der Waals surface area contributed by atoms with E-state index in [1.54, 1.807) is 18.4 Å². The number of carbonyl (C=O) groups is 1. The Kier molecular flexibility index (Phi) is 7.24. The van der Waals surface area contributed by atoms with Gasteiger partial charge in [-0.1, -0.05) is 25.5 Å². The number of unbranched alkanes of at least 4 members (excludes halogenated alkanes) is 1. The molecule has 0 bridgehead atoms. The summed E-state index contributed by atoms with van der Waals surface area (Å²) >= 11 is 1.77. The number of nitrogens with zero attached hydrogens (tertiary/aromatic N) is 2. The number of nitrogens with one attached hydrogen (secondary N) is 1. The van der Waals surface area contributed by atoms with Gasteiger partial charge in [-0.3, -0.25) is 9.69 Å². The fourth-order valence-electron chi connectivity index (χ4n) is 3.43. The number of aryl methyl sites for hydroxylation is 1. The molecule has 2 aromatic rings. The van der Waals surface area contributed by atoms with E-state index in [1.165, 1.54) is 23.5 Å². The lowest BCUT2D eigenvalue weighted by Gasteiger charge is -2.30. The molecule has 1 aliphatic rings. The molecule has 146 valence electrons. The van der Waals surface area contributed by atoms with Crippen LogP contribution in [0.5, 0.6) is 5.75 Å². The number of likely N-dealkylation sites (tertiary alicyclic amines) is 1. The number of piperidine rings is 1. The number of benzene rings is 1. The van der Waals surface area contributed by atoms with E-state index < -0.39 is 0 Å². The zero-order chi connectivity index (χ0) is 19.1. The molecule has 0 atom stereocenters. The van der Waals surface area contributed by atoms with Crippen molar-refractivity contribution >= 4 is 22.9 Å². The highest BCUT2D eigenvalue weighted by Crippen LogP contribution is 2.26. The number of para-hydroxylation sites is 2. The van der Waals surface area contributed by atoms with Crippen LogP contribution in [0.4, 0.5) is 5.69 Å². The summed E-state index contributed by atoms with van der Waals surface area (Å²) in [6.45, 7) is 4.98. The number of amides is 1. The molecular formula is C21H29N3O2S. The topological polar surface area (TPSA) is 54.5 Å². The zero-order valence-corrected chi connectivity index (χ0v) is 17.1. The fourth-order valence-corrected chi connectivity index (χ4v) is 4.26. The SMILES string of the molecule is CCCCc1nc(CN2CCC(C(=O)Nc3ccccc3OC)CC2)cs1. The Morgan fingerprint density at radius 2 is 2.11 bits per heavy atom. The fraction of sp³-hybridized carbons (Fsp3) is 0.524. The van der Waals surface area contributed by atoms with Crippen molar-refractivity contribution in [3.05, 3.63) is 40.3 Å². The highest BCUT2D eigenvalue weighted by atomic mass is 32.1. The van der Waals surface area contributed by atoms with E-state index in [-0.39, 0.29) is 11.8 Å². The Hall–Kier alpha value is -1.92. The van der Waals surface area contributed by atoms with Crippen LogP contribution in [0.2, 0.25) is 0 Å². The van der Waals surface area contributed by atoms with Gasteiger partial charge in [0, 0.05) is 17.8 Å². The summed E-state index contributed by atoms with van der Waals surface area (Å²) in [6.07, 6.45) is 5.27. The third kappa shape index (κ3) is 5.53. The number of hydrogen-bond donors (Lipinski definition) is 1. The van der Waals surface area contributed by atoms with Gasteiger partial charge in [-0.15, -0.1) is 11.3 Å². The molecule has 2 heterocycles. The van der Waals surface area contributed by atoms with Gasteiger partial charge >= 0.3 is 0 Å². The average Bonchev–Trinajstić information content (AvgIpc) is 3.14. The minimum Gasteiger partial charge on any atom is -0.495 e. The molecule has 1 aliphatic heterocycles. The third-order valence-corrected chi connectivity index (χ3v) is 6.01. The van der Waals surface area contributed by atoms with Gasteiger partial charge in [-0.25, -0.2) is 4.98 Å². The van der Waals surface area contributed by atoms with Crippen molar-refractivity contribution in [3.63, 3.8) is 0 Å². The van der Waals surface area contributed by atoms with Gasteiger partial charge in [-0.05, 0) is 50.9 Å². The molecule has 1 amide bonds. The van der Waals surface area contributed by atoms with Crippen LogP contribution < -0.4 is 10.1 Å². The number of aromatic nitrogens is 1. The van der Waals surface area contributed by atoms with Crippen molar-refractivity contribution in [2.45, 2.75) is 45.6 Å². The Bertz CT molecular complexity index is 739. The summed E-state index contributed by atoms with van der Waals surface area (Å²) in [6, 6.07) is 7.55. The first-order valence-corrected chi connectivity index (χ1v) is 10.7. The van der Waals surface area contributed by atoms with Gasteiger partial charge in [0.05, 0.1) is 23.5 Å². The summed E-state index contributed by atoms with van der Waals surface area (Å²) in [7, 11) is 1.62. The predicted molar refractivity (Wildman–Crippen MR) is 110 cm³/mol. The Morgan fingerprint density at radius 3 is 2.85 bits per heavy atom. The van der Waals surface area contributed by atoms with Crippen LogP contribution in [0.25, 0.3) is 0 Å². The van der Waals surface area contributed by atoms with Crippen LogP contribution in [0.3, 0.4) is 0 Å². The number of methoxy groups -OCH3 is 1. The maximum Gasteiger partial charge on any atom is 0.227 e. The summed E-state index contributed by atoms with van der Waals surface area (Å²) in [5.74, 6) is 0.849. The third-order valence-electron chi connectivity index (χ3n) is 5.05. The monoisotopic (exact) mass is 387 g/mol. The summed E-state index contributed by atoms with van der Waals surface area (Å²) in [5.41, 5.74) is 1.91. The standard InChI is InChI=1S/C21H29N3O2S/c1-3-4-9-20-22-17(15-27-20)14-24-12-10-16(11-13-24)21(25)23-18-7-5-6-8-19(18)26-2/h5-8,15-16H,3-4,9-14H2,1-2H3,(H,23,25). The Balaban J connectivity index is 1.47.